The van der Waals surface area contributed by atoms with Crippen molar-refractivity contribution in [2.45, 2.75) is 58.3 Å². The minimum absolute atomic E-state index is 0. The van der Waals surface area contributed by atoms with E-state index >= 15 is 0 Å². The van der Waals surface area contributed by atoms with Crippen molar-refractivity contribution in [2.24, 2.45) is 0 Å². The highest BCUT2D eigenvalue weighted by molar-refractivity contribution is 7.89. The summed E-state index contributed by atoms with van der Waals surface area (Å²) in [6.07, 6.45) is 11.4. The van der Waals surface area contributed by atoms with Gasteiger partial charge in [-0.1, -0.05) is 58.4 Å². The molecule has 24 heavy (non-hydrogen) atoms. The van der Waals surface area contributed by atoms with Crippen molar-refractivity contribution in [3.8, 4) is 0 Å². The molecule has 0 saturated carbocycles. The lowest BCUT2D eigenvalue weighted by molar-refractivity contribution is -0.907. The second kappa shape index (κ2) is 12.4. The van der Waals surface area contributed by atoms with Gasteiger partial charge >= 0.3 is 0 Å². The van der Waals surface area contributed by atoms with Crippen LogP contribution in [0.15, 0.2) is 12.7 Å². The van der Waals surface area contributed by atoms with Gasteiger partial charge in [0.25, 0.3) is 0 Å². The highest BCUT2D eigenvalue weighted by Crippen LogP contribution is 2.15. The molecule has 1 saturated heterocycles. The number of hydrogen-bond acceptors (Lipinski definition) is 2. The number of unbranched alkanes of at least 4 members (excludes halogenated alkanes) is 7. The Labute approximate surface area is 160 Å². The summed E-state index contributed by atoms with van der Waals surface area (Å²) in [7, 11) is -0.868. The fourth-order valence-electron chi connectivity index (χ4n) is 3.25. The number of sulfonamides is 1. The van der Waals surface area contributed by atoms with Gasteiger partial charge in [0, 0.05) is 0 Å². The summed E-state index contributed by atoms with van der Waals surface area (Å²) in [5, 5.41) is 0. The molecule has 6 heteroatoms. The third-order valence-corrected chi connectivity index (χ3v) is 6.95. The van der Waals surface area contributed by atoms with Crippen LogP contribution < -0.4 is 17.0 Å². The number of quaternary nitrogens is 1. The third kappa shape index (κ3) is 8.97. The fourth-order valence-corrected chi connectivity index (χ4v) is 4.80. The van der Waals surface area contributed by atoms with E-state index in [2.05, 4.69) is 20.6 Å². The molecule has 1 heterocycles. The zero-order chi connectivity index (χ0) is 17.2. The Morgan fingerprint density at radius 2 is 1.50 bits per heavy atom. The molecule has 144 valence electrons. The van der Waals surface area contributed by atoms with E-state index in [4.69, 9.17) is 0 Å². The Morgan fingerprint density at radius 1 is 1.00 bits per heavy atom. The van der Waals surface area contributed by atoms with E-state index in [-0.39, 0.29) is 17.0 Å². The molecule has 4 nitrogen and oxygen atoms in total. The lowest BCUT2D eigenvalue weighted by Crippen LogP contribution is -3.00. The molecule has 1 aliphatic rings. The molecule has 1 aliphatic heterocycles. The maximum Gasteiger partial charge on any atom is 0.214 e. The molecule has 0 N–H and O–H groups in total. The molecule has 0 aliphatic carbocycles. The van der Waals surface area contributed by atoms with Gasteiger partial charge in [0.2, 0.25) is 10.0 Å². The van der Waals surface area contributed by atoms with Gasteiger partial charge < -0.3 is 21.5 Å². The molecule has 0 aromatic rings. The predicted octanol–water partition coefficient (Wildman–Crippen LogP) is 0.409. The van der Waals surface area contributed by atoms with E-state index in [1.54, 1.807) is 4.31 Å². The summed E-state index contributed by atoms with van der Waals surface area (Å²) >= 11 is 0. The van der Waals surface area contributed by atoms with Crippen LogP contribution in [0.3, 0.4) is 0 Å². The Morgan fingerprint density at radius 3 is 2.00 bits per heavy atom. The second-order valence-corrected chi connectivity index (χ2v) is 9.32. The van der Waals surface area contributed by atoms with Crippen LogP contribution in [0.25, 0.3) is 0 Å². The van der Waals surface area contributed by atoms with E-state index in [1.165, 1.54) is 38.5 Å². The number of likely N-dealkylation sites (N-methyl/N-ethyl adjacent to an activating group) is 1. The molecule has 0 aromatic heterocycles. The Balaban J connectivity index is 0.00000529. The third-order valence-electron chi connectivity index (χ3n) is 5.00. The first-order valence-electron chi connectivity index (χ1n) is 9.36. The van der Waals surface area contributed by atoms with Crippen LogP contribution in [0.4, 0.5) is 0 Å². The molecule has 1 rings (SSSR count). The molecular formula is C18H37BrN2O2S. The van der Waals surface area contributed by atoms with Gasteiger partial charge in [0.15, 0.2) is 0 Å². The molecule has 0 atom stereocenters. The molecule has 0 amide bonds. The van der Waals surface area contributed by atoms with E-state index in [1.807, 2.05) is 6.08 Å². The standard InChI is InChI=1S/C18H37N2O2S.BrH/c1-4-6-7-8-9-10-11-12-18-23(21,22)19-13-16-20(3,15-5-2)17-14-19;/h5H,2,4,6-18H2,1,3H3;1H/q+1;/p-1. The summed E-state index contributed by atoms with van der Waals surface area (Å²) < 4.78 is 27.5. The van der Waals surface area contributed by atoms with Crippen molar-refractivity contribution >= 4 is 10.0 Å². The maximum absolute atomic E-state index is 12.4. The predicted molar refractivity (Wildman–Crippen MR) is 99.0 cm³/mol. The lowest BCUT2D eigenvalue weighted by Gasteiger charge is -2.40. The van der Waals surface area contributed by atoms with Crippen molar-refractivity contribution in [1.82, 2.24) is 4.31 Å². The molecule has 0 aromatic carbocycles. The van der Waals surface area contributed by atoms with E-state index in [0.717, 1.165) is 37.0 Å². The lowest BCUT2D eigenvalue weighted by atomic mass is 10.1. The first-order chi connectivity index (χ1) is 10.9. The zero-order valence-electron chi connectivity index (χ0n) is 15.7. The van der Waals surface area contributed by atoms with E-state index in [0.29, 0.717) is 18.8 Å². The highest BCUT2D eigenvalue weighted by Gasteiger charge is 2.33. The van der Waals surface area contributed by atoms with Crippen molar-refractivity contribution < 1.29 is 29.9 Å². The molecule has 0 radical (unpaired) electrons. The summed E-state index contributed by atoms with van der Waals surface area (Å²) in [5.41, 5.74) is 0. The first kappa shape index (κ1) is 24.1. The number of piperazine rings is 1. The van der Waals surface area contributed by atoms with Crippen LogP contribution in [0.2, 0.25) is 0 Å². The van der Waals surface area contributed by atoms with Gasteiger partial charge in [0.05, 0.1) is 45.5 Å². The monoisotopic (exact) mass is 424 g/mol. The van der Waals surface area contributed by atoms with Gasteiger partial charge in [0.1, 0.15) is 0 Å². The van der Waals surface area contributed by atoms with Gasteiger partial charge in [-0.25, -0.2) is 8.42 Å². The van der Waals surface area contributed by atoms with Crippen LogP contribution in [0.1, 0.15) is 58.3 Å². The van der Waals surface area contributed by atoms with E-state index < -0.39 is 10.0 Å². The molecule has 0 bridgehead atoms. The number of nitrogens with zero attached hydrogens (tertiary/aromatic N) is 2. The maximum atomic E-state index is 12.4. The van der Waals surface area contributed by atoms with Crippen LogP contribution in [0.5, 0.6) is 0 Å². The highest BCUT2D eigenvalue weighted by atomic mass is 79.9. The topological polar surface area (TPSA) is 37.4 Å². The largest absolute Gasteiger partial charge is 1.00 e. The first-order valence-corrected chi connectivity index (χ1v) is 11.0. The minimum Gasteiger partial charge on any atom is -1.00 e. The molecule has 1 fully saturated rings. The van der Waals surface area contributed by atoms with Crippen molar-refractivity contribution in [3.05, 3.63) is 12.7 Å². The van der Waals surface area contributed by atoms with Crippen LogP contribution >= 0.6 is 0 Å². The Bertz CT molecular complexity index is 432. The average molecular weight is 425 g/mol. The van der Waals surface area contributed by atoms with Gasteiger partial charge in [-0.2, -0.15) is 4.31 Å². The van der Waals surface area contributed by atoms with Crippen molar-refractivity contribution in [2.75, 3.05) is 45.5 Å². The van der Waals surface area contributed by atoms with Crippen LogP contribution in [-0.4, -0.2) is 62.7 Å². The SMILES string of the molecule is C=CC[N+]1(C)CCN(S(=O)(=O)CCCCCCCCCC)CC1.[Br-]. The molecule has 0 spiro atoms. The molecule has 0 unspecified atom stereocenters. The number of halogens is 1. The fraction of sp³-hybridized carbons (Fsp3) is 0.889. The minimum atomic E-state index is -3.05. The van der Waals surface area contributed by atoms with Crippen LogP contribution in [-0.2, 0) is 10.0 Å². The van der Waals surface area contributed by atoms with Crippen LogP contribution in [0, 0.1) is 0 Å². The Hall–Kier alpha value is 0.0900. The van der Waals surface area contributed by atoms with Crippen molar-refractivity contribution in [1.29, 1.82) is 0 Å². The summed E-state index contributed by atoms with van der Waals surface area (Å²) in [5.74, 6) is 0.327. The van der Waals surface area contributed by atoms with Gasteiger partial charge in [-0.15, -0.1) is 0 Å². The second-order valence-electron chi connectivity index (χ2n) is 7.23. The molecular weight excluding hydrogens is 388 g/mol. The quantitative estimate of drug-likeness (QED) is 0.258. The zero-order valence-corrected chi connectivity index (χ0v) is 18.1. The summed E-state index contributed by atoms with van der Waals surface area (Å²) in [4.78, 5) is 0. The normalized spacial score (nSPS) is 18.1. The number of rotatable bonds is 12. The van der Waals surface area contributed by atoms with E-state index in [9.17, 15) is 8.42 Å². The Kier molecular flexibility index (Phi) is 12.5. The smallest absolute Gasteiger partial charge is 0.214 e. The van der Waals surface area contributed by atoms with Gasteiger partial charge in [-0.05, 0) is 12.5 Å². The summed E-state index contributed by atoms with van der Waals surface area (Å²) in [6, 6.07) is 0. The van der Waals surface area contributed by atoms with Crippen molar-refractivity contribution in [3.63, 3.8) is 0 Å². The average Bonchev–Trinajstić information content (AvgIpc) is 2.50. The van der Waals surface area contributed by atoms with Gasteiger partial charge in [-0.3, -0.25) is 0 Å². The summed E-state index contributed by atoms with van der Waals surface area (Å²) in [6.45, 7) is 10.0. The number of hydrogen-bond donors (Lipinski definition) is 0.